The lowest BCUT2D eigenvalue weighted by Crippen LogP contribution is -2.46. The number of nitrogens with one attached hydrogen (secondary N) is 3. The second kappa shape index (κ2) is 21.1. The summed E-state index contributed by atoms with van der Waals surface area (Å²) in [7, 11) is -3.12. The maximum Gasteiger partial charge on any atom is 0.407 e. The molecule has 3 atom stereocenters. The van der Waals surface area contributed by atoms with Crippen molar-refractivity contribution in [3.05, 3.63) is 138 Å². The van der Waals surface area contributed by atoms with Crippen molar-refractivity contribution < 1.29 is 42.3 Å². The van der Waals surface area contributed by atoms with Crippen molar-refractivity contribution in [2.75, 3.05) is 26.8 Å². The average molecular weight is 731 g/mol. The Morgan fingerprint density at radius 3 is 1.88 bits per heavy atom. The number of rotatable bonds is 20. The Bertz CT molecular complexity index is 1750. The smallest absolute Gasteiger partial charge is 0.407 e. The van der Waals surface area contributed by atoms with Crippen LogP contribution in [0.4, 0.5) is 4.79 Å². The van der Waals surface area contributed by atoms with Crippen molar-refractivity contribution >= 4 is 31.5 Å². The highest BCUT2D eigenvalue weighted by atomic mass is 31.2. The minimum atomic E-state index is -4.30. The highest BCUT2D eigenvalue weighted by Crippen LogP contribution is 2.53. The third-order valence-electron chi connectivity index (χ3n) is 7.69. The van der Waals surface area contributed by atoms with Gasteiger partial charge in [0.05, 0.1) is 13.2 Å². The number of benzene rings is 3. The molecular weight excluding hydrogens is 687 g/mol. The lowest BCUT2D eigenvalue weighted by Gasteiger charge is -2.29. The summed E-state index contributed by atoms with van der Waals surface area (Å²) in [5.41, 5.74) is 3.25. The van der Waals surface area contributed by atoms with E-state index in [9.17, 15) is 23.7 Å². The van der Waals surface area contributed by atoms with E-state index >= 15 is 0 Å². The number of hydrogen-bond donors (Lipinski definition) is 3. The first-order chi connectivity index (χ1) is 25.2. The number of carbonyl (C=O) groups is 4. The zero-order chi connectivity index (χ0) is 37.0. The van der Waals surface area contributed by atoms with Gasteiger partial charge in [-0.3, -0.25) is 23.7 Å². The quantitative estimate of drug-likeness (QED) is 0.0655. The van der Waals surface area contributed by atoms with Crippen LogP contribution in [0.1, 0.15) is 28.7 Å². The van der Waals surface area contributed by atoms with Gasteiger partial charge in [0.15, 0.2) is 6.10 Å². The van der Waals surface area contributed by atoms with E-state index in [0.717, 1.165) is 16.7 Å². The van der Waals surface area contributed by atoms with Crippen molar-refractivity contribution in [3.8, 4) is 0 Å². The first-order valence-electron chi connectivity index (χ1n) is 16.7. The summed E-state index contributed by atoms with van der Waals surface area (Å²) in [6, 6.07) is 30.8. The first-order valence-corrected chi connectivity index (χ1v) is 18.3. The van der Waals surface area contributed by atoms with Gasteiger partial charge in [-0.1, -0.05) is 91.0 Å². The normalized spacial score (nSPS) is 13.1. The molecule has 1 aromatic heterocycles. The minimum absolute atomic E-state index is 0.0134. The van der Waals surface area contributed by atoms with Gasteiger partial charge >= 0.3 is 19.7 Å². The average Bonchev–Trinajstić information content (AvgIpc) is 3.18. The zero-order valence-electron chi connectivity index (χ0n) is 28.8. The molecular formula is C38H43N4O9P. The molecule has 0 spiro atoms. The molecule has 52 heavy (non-hydrogen) atoms. The van der Waals surface area contributed by atoms with Crippen LogP contribution in [0.5, 0.6) is 0 Å². The molecule has 0 radical (unpaired) electrons. The van der Waals surface area contributed by atoms with Crippen LogP contribution in [-0.4, -0.2) is 67.6 Å². The number of alkyl carbamates (subject to hydrolysis) is 1. The SMILES string of the molecule is COP(=O)(O[C@@H](Cc1ccccc1)C(=O)OCCCc1ccncc1)[C@H](Cc1ccccc1)NC(=O)CNC(=O)CNC(=O)OCc1ccccc1. The second-order valence-electron chi connectivity index (χ2n) is 11.6. The molecule has 14 heteroatoms. The van der Waals surface area contributed by atoms with Gasteiger partial charge in [-0.25, -0.2) is 9.59 Å². The fourth-order valence-corrected chi connectivity index (χ4v) is 6.73. The van der Waals surface area contributed by atoms with Gasteiger partial charge < -0.3 is 29.9 Å². The van der Waals surface area contributed by atoms with Crippen LogP contribution in [-0.2, 0) is 63.3 Å². The summed E-state index contributed by atoms with van der Waals surface area (Å²) in [6.45, 7) is -0.838. The Hall–Kier alpha value is -5.36. The predicted octanol–water partition coefficient (Wildman–Crippen LogP) is 4.75. The molecule has 0 aliphatic rings. The van der Waals surface area contributed by atoms with E-state index < -0.39 is 56.4 Å². The monoisotopic (exact) mass is 730 g/mol. The van der Waals surface area contributed by atoms with Gasteiger partial charge in [-0.05, 0) is 47.2 Å². The number of pyridine rings is 1. The fourth-order valence-electron chi connectivity index (χ4n) is 4.99. The molecule has 0 saturated heterocycles. The van der Waals surface area contributed by atoms with E-state index in [1.807, 2.05) is 42.5 Å². The van der Waals surface area contributed by atoms with Crippen LogP contribution < -0.4 is 16.0 Å². The van der Waals surface area contributed by atoms with Crippen molar-refractivity contribution in [1.82, 2.24) is 20.9 Å². The Kier molecular flexibility index (Phi) is 16.0. The van der Waals surface area contributed by atoms with Crippen LogP contribution in [0.15, 0.2) is 116 Å². The van der Waals surface area contributed by atoms with Crippen molar-refractivity contribution in [2.45, 2.75) is 44.2 Å². The van der Waals surface area contributed by atoms with Crippen LogP contribution in [0, 0.1) is 0 Å². The second-order valence-corrected chi connectivity index (χ2v) is 13.9. The first kappa shape index (κ1) is 39.4. The summed E-state index contributed by atoms with van der Waals surface area (Å²) in [5, 5.41) is 7.40. The number of aryl methyl sites for hydroxylation is 1. The van der Waals surface area contributed by atoms with Gasteiger partial charge in [0.25, 0.3) is 0 Å². The molecule has 3 amide bonds. The molecule has 3 N–H and O–H groups in total. The van der Waals surface area contributed by atoms with Gasteiger partial charge in [0.2, 0.25) is 11.8 Å². The maximum atomic E-state index is 14.5. The molecule has 13 nitrogen and oxygen atoms in total. The molecule has 274 valence electrons. The summed E-state index contributed by atoms with van der Waals surface area (Å²) >= 11 is 0. The van der Waals surface area contributed by atoms with Crippen LogP contribution >= 0.6 is 7.60 Å². The highest BCUT2D eigenvalue weighted by molar-refractivity contribution is 7.54. The van der Waals surface area contributed by atoms with Crippen molar-refractivity contribution in [2.24, 2.45) is 0 Å². The topological polar surface area (TPSA) is 171 Å². The van der Waals surface area contributed by atoms with Gasteiger partial charge in [-0.15, -0.1) is 0 Å². The highest BCUT2D eigenvalue weighted by Gasteiger charge is 2.41. The molecule has 0 aliphatic heterocycles. The fraction of sp³-hybridized carbons (Fsp3) is 0.289. The zero-order valence-corrected chi connectivity index (χ0v) is 29.7. The summed E-state index contributed by atoms with van der Waals surface area (Å²) in [4.78, 5) is 55.0. The van der Waals surface area contributed by atoms with Gasteiger partial charge in [0, 0.05) is 32.3 Å². The van der Waals surface area contributed by atoms with E-state index in [1.165, 1.54) is 7.11 Å². The van der Waals surface area contributed by atoms with Crippen LogP contribution in [0.3, 0.4) is 0 Å². The molecule has 0 bridgehead atoms. The number of amides is 3. The lowest BCUT2D eigenvalue weighted by atomic mass is 10.1. The van der Waals surface area contributed by atoms with E-state index in [1.54, 1.807) is 73.1 Å². The summed E-state index contributed by atoms with van der Waals surface area (Å²) < 4.78 is 36.7. The molecule has 1 unspecified atom stereocenters. The van der Waals surface area contributed by atoms with E-state index in [2.05, 4.69) is 20.9 Å². The van der Waals surface area contributed by atoms with Crippen LogP contribution in [0.2, 0.25) is 0 Å². The molecule has 3 aromatic carbocycles. The van der Waals surface area contributed by atoms with Crippen LogP contribution in [0.25, 0.3) is 0 Å². The molecule has 4 rings (SSSR count). The summed E-state index contributed by atoms with van der Waals surface area (Å²) in [6.07, 6.45) is 2.48. The number of nitrogens with zero attached hydrogens (tertiary/aromatic N) is 1. The van der Waals surface area contributed by atoms with Gasteiger partial charge in [0.1, 0.15) is 18.9 Å². The number of esters is 1. The predicted molar refractivity (Wildman–Crippen MR) is 193 cm³/mol. The Balaban J connectivity index is 1.39. The maximum absolute atomic E-state index is 14.5. The summed E-state index contributed by atoms with van der Waals surface area (Å²) in [5.74, 6) is -3.36. The van der Waals surface area contributed by atoms with Crippen molar-refractivity contribution in [3.63, 3.8) is 0 Å². The minimum Gasteiger partial charge on any atom is -0.464 e. The number of hydrogen-bond acceptors (Lipinski definition) is 10. The lowest BCUT2D eigenvalue weighted by molar-refractivity contribution is -0.152. The Morgan fingerprint density at radius 1 is 0.692 bits per heavy atom. The number of ether oxygens (including phenoxy) is 2. The Morgan fingerprint density at radius 2 is 1.27 bits per heavy atom. The van der Waals surface area contributed by atoms with E-state index in [-0.39, 0.29) is 26.1 Å². The van der Waals surface area contributed by atoms with E-state index in [0.29, 0.717) is 18.4 Å². The third kappa shape index (κ3) is 13.7. The number of aromatic nitrogens is 1. The standard InChI is InChI=1S/C38H43N4O9P/c1-48-52(47,51-33(24-30-12-5-2-6-13-30)37(45)49-23-11-18-29-19-21-39-22-20-29)36(25-31-14-7-3-8-15-31)42-35(44)27-40-34(43)26-41-38(46)50-28-32-16-9-4-10-17-32/h2-10,12-17,19-22,33,36H,11,18,23-28H2,1H3,(H,40,43)(H,41,46)(H,42,44)/t33-,36+,52?/m0/s1. The molecule has 0 saturated carbocycles. The molecule has 1 heterocycles. The van der Waals surface area contributed by atoms with Gasteiger partial charge in [-0.2, -0.15) is 0 Å². The number of carbonyl (C=O) groups excluding carboxylic acids is 4. The molecule has 0 aliphatic carbocycles. The van der Waals surface area contributed by atoms with Crippen molar-refractivity contribution in [1.29, 1.82) is 0 Å². The largest absolute Gasteiger partial charge is 0.464 e. The Labute approximate surface area is 303 Å². The molecule has 0 fully saturated rings. The third-order valence-corrected chi connectivity index (χ3v) is 9.82. The molecule has 4 aromatic rings. The van der Waals surface area contributed by atoms with E-state index in [4.69, 9.17) is 18.5 Å².